The topological polar surface area (TPSA) is 59.1 Å². The summed E-state index contributed by atoms with van der Waals surface area (Å²) in [5.41, 5.74) is 0. The lowest BCUT2D eigenvalue weighted by Gasteiger charge is -2.11. The van der Waals surface area contributed by atoms with E-state index in [0.29, 0.717) is 12.6 Å². The second-order valence-corrected chi connectivity index (χ2v) is 5.70. The molecular formula is C14H22N4OS. The van der Waals surface area contributed by atoms with E-state index in [9.17, 15) is 0 Å². The smallest absolute Gasteiger partial charge is 0.226 e. The van der Waals surface area contributed by atoms with Gasteiger partial charge in [-0.2, -0.15) is 4.98 Å². The van der Waals surface area contributed by atoms with Gasteiger partial charge in [-0.15, -0.1) is 11.3 Å². The summed E-state index contributed by atoms with van der Waals surface area (Å²) in [5.74, 6) is 1.57. The van der Waals surface area contributed by atoms with Gasteiger partial charge in [-0.25, -0.2) is 4.98 Å². The molecule has 0 aliphatic carbocycles. The maximum absolute atomic E-state index is 5.53. The second kappa shape index (κ2) is 7.40. The van der Waals surface area contributed by atoms with Crippen LogP contribution in [0.25, 0.3) is 10.2 Å². The molecule has 2 heterocycles. The molecule has 6 heteroatoms. The standard InChI is InChI=1S/C14H22N4OS/c1-4-6-16-14-17-12(15-7-8-19-10(2)3)11-5-9-20-13(11)18-14/h5,9-10H,4,6-8H2,1-3H3,(H2,15,16,17,18). The van der Waals surface area contributed by atoms with Crippen LogP contribution in [0.3, 0.4) is 0 Å². The van der Waals surface area contributed by atoms with E-state index in [2.05, 4.69) is 33.6 Å². The van der Waals surface area contributed by atoms with E-state index in [0.717, 1.165) is 35.5 Å². The number of nitrogens with zero attached hydrogens (tertiary/aromatic N) is 2. The number of ether oxygens (including phenoxy) is 1. The zero-order chi connectivity index (χ0) is 14.4. The third kappa shape index (κ3) is 4.05. The lowest BCUT2D eigenvalue weighted by Crippen LogP contribution is -2.14. The van der Waals surface area contributed by atoms with Crippen LogP contribution in [0.15, 0.2) is 11.4 Å². The molecule has 0 aliphatic rings. The first kappa shape index (κ1) is 15.0. The largest absolute Gasteiger partial charge is 0.377 e. The van der Waals surface area contributed by atoms with Crippen molar-refractivity contribution in [3.8, 4) is 0 Å². The minimum absolute atomic E-state index is 0.255. The molecule has 110 valence electrons. The predicted molar refractivity (Wildman–Crippen MR) is 85.8 cm³/mol. The minimum Gasteiger partial charge on any atom is -0.377 e. The highest BCUT2D eigenvalue weighted by Crippen LogP contribution is 2.26. The predicted octanol–water partition coefficient (Wildman–Crippen LogP) is 3.35. The number of fused-ring (bicyclic) bond motifs is 1. The highest BCUT2D eigenvalue weighted by molar-refractivity contribution is 7.16. The van der Waals surface area contributed by atoms with Crippen LogP contribution in [0.2, 0.25) is 0 Å². The molecule has 0 bridgehead atoms. The summed E-state index contributed by atoms with van der Waals surface area (Å²) in [7, 11) is 0. The number of hydrogen-bond acceptors (Lipinski definition) is 6. The van der Waals surface area contributed by atoms with E-state index in [1.54, 1.807) is 11.3 Å². The summed E-state index contributed by atoms with van der Waals surface area (Å²) in [4.78, 5) is 10.1. The molecule has 5 nitrogen and oxygen atoms in total. The maximum Gasteiger partial charge on any atom is 0.226 e. The van der Waals surface area contributed by atoms with Gasteiger partial charge in [-0.1, -0.05) is 6.92 Å². The molecule has 0 amide bonds. The molecule has 2 aromatic rings. The molecule has 0 fully saturated rings. The first-order valence-corrected chi connectivity index (χ1v) is 7.93. The van der Waals surface area contributed by atoms with E-state index >= 15 is 0 Å². The summed E-state index contributed by atoms with van der Waals surface area (Å²) in [6, 6.07) is 2.05. The third-order valence-electron chi connectivity index (χ3n) is 2.70. The quantitative estimate of drug-likeness (QED) is 0.731. The summed E-state index contributed by atoms with van der Waals surface area (Å²) in [6.07, 6.45) is 1.31. The molecule has 2 rings (SSSR count). The third-order valence-corrected chi connectivity index (χ3v) is 3.51. The van der Waals surface area contributed by atoms with Crippen LogP contribution in [0.1, 0.15) is 27.2 Å². The van der Waals surface area contributed by atoms with Gasteiger partial charge in [-0.05, 0) is 31.7 Å². The summed E-state index contributed by atoms with van der Waals surface area (Å²) in [6.45, 7) is 8.49. The molecule has 0 radical (unpaired) electrons. The van der Waals surface area contributed by atoms with Crippen molar-refractivity contribution in [1.29, 1.82) is 0 Å². The van der Waals surface area contributed by atoms with Crippen molar-refractivity contribution in [3.63, 3.8) is 0 Å². The Labute approximate surface area is 123 Å². The van der Waals surface area contributed by atoms with Gasteiger partial charge in [0.05, 0.1) is 18.1 Å². The van der Waals surface area contributed by atoms with Crippen molar-refractivity contribution in [2.75, 3.05) is 30.3 Å². The Morgan fingerprint density at radius 2 is 2.10 bits per heavy atom. The van der Waals surface area contributed by atoms with Crippen LogP contribution in [-0.2, 0) is 4.74 Å². The first-order valence-electron chi connectivity index (χ1n) is 7.05. The normalized spacial score (nSPS) is 11.2. The molecular weight excluding hydrogens is 272 g/mol. The van der Waals surface area contributed by atoms with Crippen molar-refractivity contribution in [2.24, 2.45) is 0 Å². The summed E-state index contributed by atoms with van der Waals surface area (Å²) < 4.78 is 5.53. The van der Waals surface area contributed by atoms with Gasteiger partial charge in [0, 0.05) is 13.1 Å². The van der Waals surface area contributed by atoms with Crippen LogP contribution in [0, 0.1) is 0 Å². The molecule has 0 aromatic carbocycles. The van der Waals surface area contributed by atoms with E-state index in [1.165, 1.54) is 0 Å². The first-order chi connectivity index (χ1) is 9.70. The molecule has 0 atom stereocenters. The number of aromatic nitrogens is 2. The molecule has 2 aromatic heterocycles. The molecule has 0 unspecified atom stereocenters. The van der Waals surface area contributed by atoms with Crippen molar-refractivity contribution in [3.05, 3.63) is 11.4 Å². The highest BCUT2D eigenvalue weighted by atomic mass is 32.1. The fraction of sp³-hybridized carbons (Fsp3) is 0.571. The van der Waals surface area contributed by atoms with Gasteiger partial charge in [0.15, 0.2) is 0 Å². The van der Waals surface area contributed by atoms with Crippen LogP contribution < -0.4 is 10.6 Å². The average molecular weight is 294 g/mol. The molecule has 0 spiro atoms. The number of rotatable bonds is 8. The van der Waals surface area contributed by atoms with Gasteiger partial charge in [0.2, 0.25) is 5.95 Å². The molecule has 0 aliphatic heterocycles. The molecule has 0 saturated heterocycles. The van der Waals surface area contributed by atoms with Gasteiger partial charge in [-0.3, -0.25) is 0 Å². The van der Waals surface area contributed by atoms with Crippen molar-refractivity contribution < 1.29 is 4.74 Å². The summed E-state index contributed by atoms with van der Waals surface area (Å²) in [5, 5.41) is 9.69. The Morgan fingerprint density at radius 1 is 1.25 bits per heavy atom. The minimum atomic E-state index is 0.255. The Kier molecular flexibility index (Phi) is 5.55. The lowest BCUT2D eigenvalue weighted by molar-refractivity contribution is 0.0870. The zero-order valence-corrected chi connectivity index (χ0v) is 13.1. The second-order valence-electron chi connectivity index (χ2n) is 4.81. The SMILES string of the molecule is CCCNc1nc(NCCOC(C)C)c2ccsc2n1. The van der Waals surface area contributed by atoms with Crippen molar-refractivity contribution >= 4 is 33.3 Å². The van der Waals surface area contributed by atoms with E-state index in [1.807, 2.05) is 19.2 Å². The van der Waals surface area contributed by atoms with E-state index < -0.39 is 0 Å². The van der Waals surface area contributed by atoms with Crippen molar-refractivity contribution in [1.82, 2.24) is 9.97 Å². The highest BCUT2D eigenvalue weighted by Gasteiger charge is 2.08. The van der Waals surface area contributed by atoms with Crippen LogP contribution in [0.5, 0.6) is 0 Å². The fourth-order valence-corrected chi connectivity index (χ4v) is 2.53. The Hall–Kier alpha value is -1.40. The van der Waals surface area contributed by atoms with E-state index in [-0.39, 0.29) is 6.10 Å². The van der Waals surface area contributed by atoms with Crippen LogP contribution in [0.4, 0.5) is 11.8 Å². The number of nitrogens with one attached hydrogen (secondary N) is 2. The van der Waals surface area contributed by atoms with Crippen LogP contribution in [-0.4, -0.2) is 35.8 Å². The molecule has 20 heavy (non-hydrogen) atoms. The Balaban J connectivity index is 2.07. The monoisotopic (exact) mass is 294 g/mol. The summed E-state index contributed by atoms with van der Waals surface area (Å²) >= 11 is 1.63. The lowest BCUT2D eigenvalue weighted by atomic mass is 10.4. The Morgan fingerprint density at radius 3 is 2.85 bits per heavy atom. The number of anilines is 2. The zero-order valence-electron chi connectivity index (χ0n) is 12.3. The fourth-order valence-electron chi connectivity index (χ4n) is 1.77. The van der Waals surface area contributed by atoms with Gasteiger partial charge >= 0.3 is 0 Å². The maximum atomic E-state index is 5.53. The van der Waals surface area contributed by atoms with Crippen LogP contribution >= 0.6 is 11.3 Å². The van der Waals surface area contributed by atoms with E-state index in [4.69, 9.17) is 4.74 Å². The van der Waals surface area contributed by atoms with Gasteiger partial charge in [0.1, 0.15) is 10.6 Å². The molecule has 0 saturated carbocycles. The number of hydrogen-bond donors (Lipinski definition) is 2. The van der Waals surface area contributed by atoms with Gasteiger partial charge < -0.3 is 15.4 Å². The number of thiophene rings is 1. The average Bonchev–Trinajstić information content (AvgIpc) is 2.89. The Bertz CT molecular complexity index is 541. The van der Waals surface area contributed by atoms with Crippen molar-refractivity contribution in [2.45, 2.75) is 33.3 Å². The molecule has 2 N–H and O–H groups in total. The van der Waals surface area contributed by atoms with Gasteiger partial charge in [0.25, 0.3) is 0 Å².